The van der Waals surface area contributed by atoms with E-state index in [0.29, 0.717) is 37.6 Å². The number of carbonyl (C=O) groups is 4. The topological polar surface area (TPSA) is 183 Å². The van der Waals surface area contributed by atoms with E-state index in [0.717, 1.165) is 12.0 Å². The monoisotopic (exact) mass is 745 g/mol. The number of ether oxygens (including phenoxy) is 6. The fraction of sp³-hybridized carbons (Fsp3) is 0.658. The smallest absolute Gasteiger partial charge is 0.414 e. The van der Waals surface area contributed by atoms with E-state index >= 15 is 0 Å². The van der Waals surface area contributed by atoms with Gasteiger partial charge in [0.25, 0.3) is 6.41 Å². The molecule has 3 amide bonds. The van der Waals surface area contributed by atoms with E-state index in [1.807, 2.05) is 32.0 Å². The van der Waals surface area contributed by atoms with Gasteiger partial charge in [-0.15, -0.1) is 0 Å². The first-order valence-corrected chi connectivity index (χ1v) is 18.1. The van der Waals surface area contributed by atoms with Crippen LogP contribution in [0.4, 0.5) is 4.79 Å². The van der Waals surface area contributed by atoms with Crippen LogP contribution >= 0.6 is 0 Å². The SMILES string of the molecule is COCCCOc1cc(C[C@@H](C[C@H]2[C@H](C[C@H](C(=O)NCC(C)(C)C(N)=O)C(C)C)OC(OC(=O)c3cncn3C)N2C(=O)OC)C(C)C)ccc1OC. The highest BCUT2D eigenvalue weighted by Gasteiger charge is 2.50. The van der Waals surface area contributed by atoms with Crippen molar-refractivity contribution < 1.29 is 47.6 Å². The first kappa shape index (κ1) is 43.0. The van der Waals surface area contributed by atoms with E-state index in [2.05, 4.69) is 24.1 Å². The van der Waals surface area contributed by atoms with Gasteiger partial charge in [0.15, 0.2) is 11.5 Å². The Kier molecular flexibility index (Phi) is 15.9. The number of imidazole rings is 1. The van der Waals surface area contributed by atoms with Crippen LogP contribution in [0, 0.1) is 29.1 Å². The summed E-state index contributed by atoms with van der Waals surface area (Å²) >= 11 is 0. The van der Waals surface area contributed by atoms with Crippen LogP contribution in [0.1, 0.15) is 76.9 Å². The summed E-state index contributed by atoms with van der Waals surface area (Å²) in [7, 11) is 6.14. The maximum absolute atomic E-state index is 13.7. The van der Waals surface area contributed by atoms with Gasteiger partial charge in [0.1, 0.15) is 5.69 Å². The minimum Gasteiger partial charge on any atom is -0.493 e. The molecule has 1 unspecified atom stereocenters. The average molecular weight is 746 g/mol. The second-order valence-electron chi connectivity index (χ2n) is 14.9. The van der Waals surface area contributed by atoms with Crippen LogP contribution in [0.15, 0.2) is 30.7 Å². The van der Waals surface area contributed by atoms with Gasteiger partial charge in [-0.2, -0.15) is 0 Å². The fourth-order valence-electron chi connectivity index (χ4n) is 6.25. The van der Waals surface area contributed by atoms with Gasteiger partial charge in [-0.3, -0.25) is 9.59 Å². The van der Waals surface area contributed by atoms with Crippen LogP contribution in [-0.4, -0.2) is 98.0 Å². The molecule has 0 aliphatic carbocycles. The molecule has 296 valence electrons. The molecule has 2 aromatic rings. The molecule has 1 fully saturated rings. The second kappa shape index (κ2) is 19.6. The summed E-state index contributed by atoms with van der Waals surface area (Å²) in [6, 6.07) is 5.17. The molecule has 3 N–H and O–H groups in total. The molecule has 0 spiro atoms. The Morgan fingerprint density at radius 1 is 1.02 bits per heavy atom. The number of rotatable bonds is 20. The van der Waals surface area contributed by atoms with Gasteiger partial charge >= 0.3 is 12.1 Å². The van der Waals surface area contributed by atoms with Crippen molar-refractivity contribution in [3.8, 4) is 11.5 Å². The van der Waals surface area contributed by atoms with E-state index in [-0.39, 0.29) is 42.3 Å². The first-order valence-electron chi connectivity index (χ1n) is 18.1. The van der Waals surface area contributed by atoms with Gasteiger partial charge in [0, 0.05) is 39.6 Å². The van der Waals surface area contributed by atoms with Crippen molar-refractivity contribution in [2.75, 3.05) is 41.1 Å². The molecule has 0 bridgehead atoms. The van der Waals surface area contributed by atoms with E-state index in [9.17, 15) is 19.2 Å². The lowest BCUT2D eigenvalue weighted by molar-refractivity contribution is -0.152. The summed E-state index contributed by atoms with van der Waals surface area (Å²) in [5, 5.41) is 2.89. The number of benzene rings is 1. The van der Waals surface area contributed by atoms with Gasteiger partial charge in [-0.05, 0) is 68.6 Å². The number of primary amides is 1. The number of amides is 3. The molecule has 2 heterocycles. The number of nitrogens with zero attached hydrogens (tertiary/aromatic N) is 3. The fourth-order valence-corrected chi connectivity index (χ4v) is 6.25. The number of nitrogens with two attached hydrogens (primary N) is 1. The maximum Gasteiger partial charge on any atom is 0.414 e. The van der Waals surface area contributed by atoms with Crippen molar-refractivity contribution in [2.45, 2.75) is 85.8 Å². The number of hydrogen-bond donors (Lipinski definition) is 2. The highest BCUT2D eigenvalue weighted by molar-refractivity contribution is 5.87. The van der Waals surface area contributed by atoms with E-state index in [1.54, 1.807) is 35.1 Å². The Bertz CT molecular complexity index is 1530. The van der Waals surface area contributed by atoms with Crippen molar-refractivity contribution in [1.82, 2.24) is 19.8 Å². The number of esters is 1. The van der Waals surface area contributed by atoms with Gasteiger partial charge in [-0.25, -0.2) is 19.5 Å². The summed E-state index contributed by atoms with van der Waals surface area (Å²) in [6.45, 7) is 12.5. The Labute approximate surface area is 313 Å². The summed E-state index contributed by atoms with van der Waals surface area (Å²) in [6.07, 6.45) is 1.85. The minimum atomic E-state index is -1.44. The van der Waals surface area contributed by atoms with Crippen LogP contribution in [0.3, 0.4) is 0 Å². The average Bonchev–Trinajstić information content (AvgIpc) is 3.69. The predicted molar refractivity (Wildman–Crippen MR) is 196 cm³/mol. The minimum absolute atomic E-state index is 0.0118. The van der Waals surface area contributed by atoms with Crippen LogP contribution < -0.4 is 20.5 Å². The molecule has 1 aliphatic heterocycles. The first-order chi connectivity index (χ1) is 25.0. The largest absolute Gasteiger partial charge is 0.493 e. The second-order valence-corrected chi connectivity index (χ2v) is 14.9. The lowest BCUT2D eigenvalue weighted by Gasteiger charge is -2.33. The van der Waals surface area contributed by atoms with Crippen LogP contribution in [0.25, 0.3) is 0 Å². The zero-order chi connectivity index (χ0) is 39.5. The highest BCUT2D eigenvalue weighted by Crippen LogP contribution is 2.38. The van der Waals surface area contributed by atoms with Crippen LogP contribution in [0.5, 0.6) is 11.5 Å². The Morgan fingerprint density at radius 2 is 1.74 bits per heavy atom. The normalized spacial score (nSPS) is 18.5. The molecule has 3 rings (SSSR count). The zero-order valence-electron chi connectivity index (χ0n) is 32.9. The Hall–Kier alpha value is -4.37. The lowest BCUT2D eigenvalue weighted by Crippen LogP contribution is -2.48. The van der Waals surface area contributed by atoms with Crippen molar-refractivity contribution in [3.63, 3.8) is 0 Å². The molecule has 0 radical (unpaired) electrons. The molecule has 1 aliphatic rings. The molecular formula is C38H59N5O10. The third-order valence-electron chi connectivity index (χ3n) is 9.89. The van der Waals surface area contributed by atoms with Crippen molar-refractivity contribution in [3.05, 3.63) is 42.0 Å². The molecule has 1 saturated heterocycles. The quantitative estimate of drug-likeness (QED) is 0.146. The number of methoxy groups -OCH3 is 3. The number of nitrogens with one attached hydrogen (secondary N) is 1. The van der Waals surface area contributed by atoms with E-state index in [4.69, 9.17) is 34.2 Å². The van der Waals surface area contributed by atoms with E-state index < -0.39 is 47.9 Å². The predicted octanol–water partition coefficient (Wildman–Crippen LogP) is 4.32. The number of carbonyl (C=O) groups excluding carboxylic acids is 4. The third-order valence-corrected chi connectivity index (χ3v) is 9.89. The van der Waals surface area contributed by atoms with Gasteiger partial charge in [-0.1, -0.05) is 33.8 Å². The van der Waals surface area contributed by atoms with Gasteiger partial charge in [0.2, 0.25) is 11.8 Å². The summed E-state index contributed by atoms with van der Waals surface area (Å²) in [4.78, 5) is 57.9. The van der Waals surface area contributed by atoms with Gasteiger partial charge < -0.3 is 44.0 Å². The molecule has 53 heavy (non-hydrogen) atoms. The Balaban J connectivity index is 1.99. The Morgan fingerprint density at radius 3 is 2.30 bits per heavy atom. The number of hydrogen-bond acceptors (Lipinski definition) is 11. The van der Waals surface area contributed by atoms with Crippen LogP contribution in [-0.2, 0) is 42.0 Å². The maximum atomic E-state index is 13.7. The lowest BCUT2D eigenvalue weighted by atomic mass is 9.80. The summed E-state index contributed by atoms with van der Waals surface area (Å²) in [5.41, 5.74) is 5.76. The zero-order valence-corrected chi connectivity index (χ0v) is 32.9. The van der Waals surface area contributed by atoms with Crippen molar-refractivity contribution >= 4 is 23.9 Å². The molecule has 5 atom stereocenters. The van der Waals surface area contributed by atoms with Crippen molar-refractivity contribution in [1.29, 1.82) is 0 Å². The molecule has 1 aromatic heterocycles. The van der Waals surface area contributed by atoms with E-state index in [1.165, 1.54) is 29.1 Å². The molecule has 15 heteroatoms. The molecule has 0 saturated carbocycles. The molecule has 1 aromatic carbocycles. The van der Waals surface area contributed by atoms with Gasteiger partial charge in [0.05, 0.1) is 50.9 Å². The summed E-state index contributed by atoms with van der Waals surface area (Å²) in [5.74, 6) is -0.943. The number of aromatic nitrogens is 2. The third kappa shape index (κ3) is 11.6. The standard InChI is InChI=1S/C38H59N5O10/c1-23(2)26(16-25-12-13-30(49-9)32(17-25)51-15-11-14-48-8)18-28-31(19-27(24(3)4)33(44)41-21-38(5,6)35(39)46)52-37(43(28)36(47)50-10)53-34(45)29-20-40-22-42(29)7/h12-13,17,20,22-24,26-28,31,37H,11,14-16,18-19,21H2,1-10H3,(H2,39,46)(H,41,44)/t26-,27-,28-,31-,37?/m0/s1. The molecule has 15 nitrogen and oxygen atoms in total. The molecular weight excluding hydrogens is 686 g/mol. The number of aryl methyl sites for hydroxylation is 1. The highest BCUT2D eigenvalue weighted by atomic mass is 16.7. The van der Waals surface area contributed by atoms with Crippen molar-refractivity contribution in [2.24, 2.45) is 41.9 Å². The summed E-state index contributed by atoms with van der Waals surface area (Å²) < 4.78 is 35.7. The van der Waals surface area contributed by atoms with Crippen LogP contribution in [0.2, 0.25) is 0 Å².